The topological polar surface area (TPSA) is 41.3 Å². The number of piperazine rings is 1. The number of thiazole rings is 1. The molecule has 4 rings (SSSR count). The summed E-state index contributed by atoms with van der Waals surface area (Å²) in [5, 5.41) is 7.79. The number of para-hydroxylation sites is 1. The molecule has 23 heavy (non-hydrogen) atoms. The van der Waals surface area contributed by atoms with Gasteiger partial charge in [0, 0.05) is 42.5 Å². The molecule has 0 amide bonds. The number of hydrogen-bond donors (Lipinski definition) is 1. The van der Waals surface area contributed by atoms with Crippen molar-refractivity contribution < 1.29 is 4.42 Å². The van der Waals surface area contributed by atoms with Gasteiger partial charge in [0.15, 0.2) is 10.8 Å². The molecule has 4 nitrogen and oxygen atoms in total. The van der Waals surface area contributed by atoms with E-state index in [1.165, 1.54) is 0 Å². The molecular weight excluding hydrogens is 306 g/mol. The van der Waals surface area contributed by atoms with E-state index in [1.807, 2.05) is 18.2 Å². The van der Waals surface area contributed by atoms with Gasteiger partial charge in [-0.1, -0.05) is 18.2 Å². The number of hydrogen-bond acceptors (Lipinski definition) is 5. The highest BCUT2D eigenvalue weighted by Gasteiger charge is 2.26. The van der Waals surface area contributed by atoms with Gasteiger partial charge in [0.2, 0.25) is 0 Å². The summed E-state index contributed by atoms with van der Waals surface area (Å²) in [4.78, 5) is 7.25. The van der Waals surface area contributed by atoms with E-state index in [-0.39, 0.29) is 5.54 Å². The van der Waals surface area contributed by atoms with Crippen LogP contribution < -0.4 is 5.32 Å². The van der Waals surface area contributed by atoms with Gasteiger partial charge < -0.3 is 9.73 Å². The van der Waals surface area contributed by atoms with E-state index in [9.17, 15) is 0 Å². The zero-order valence-electron chi connectivity index (χ0n) is 13.5. The van der Waals surface area contributed by atoms with Gasteiger partial charge in [-0.3, -0.25) is 4.90 Å². The minimum Gasteiger partial charge on any atom is -0.454 e. The molecule has 3 heterocycles. The van der Waals surface area contributed by atoms with Crippen LogP contribution in [0.25, 0.3) is 21.7 Å². The van der Waals surface area contributed by atoms with E-state index in [1.54, 1.807) is 11.3 Å². The maximum absolute atomic E-state index is 5.91. The van der Waals surface area contributed by atoms with Crippen LogP contribution in [0.1, 0.15) is 19.5 Å². The first-order valence-corrected chi connectivity index (χ1v) is 8.88. The molecule has 0 unspecified atom stereocenters. The molecule has 1 fully saturated rings. The molecule has 0 bridgehead atoms. The fraction of sp³-hybridized carbons (Fsp3) is 0.389. The van der Waals surface area contributed by atoms with E-state index in [0.29, 0.717) is 0 Å². The Balaban J connectivity index is 1.52. The highest BCUT2D eigenvalue weighted by atomic mass is 32.1. The zero-order chi connectivity index (χ0) is 15.9. The second kappa shape index (κ2) is 5.74. The summed E-state index contributed by atoms with van der Waals surface area (Å²) in [5.74, 6) is 0.864. The molecule has 1 saturated heterocycles. The SMILES string of the molecule is CC1(C)CN(Cc2csc(-c3cc4ccccc4o3)n2)CCN1. The summed E-state index contributed by atoms with van der Waals surface area (Å²) >= 11 is 1.66. The second-order valence-corrected chi connectivity index (χ2v) is 7.67. The summed E-state index contributed by atoms with van der Waals surface area (Å²) in [6.07, 6.45) is 0. The number of aromatic nitrogens is 1. The third-order valence-corrected chi connectivity index (χ3v) is 5.13. The fourth-order valence-electron chi connectivity index (χ4n) is 3.19. The van der Waals surface area contributed by atoms with Crippen LogP contribution in [0, 0.1) is 0 Å². The molecule has 5 heteroatoms. The van der Waals surface area contributed by atoms with Gasteiger partial charge in [-0.05, 0) is 26.0 Å². The van der Waals surface area contributed by atoms with Crippen LogP contribution >= 0.6 is 11.3 Å². The number of benzene rings is 1. The van der Waals surface area contributed by atoms with E-state index in [0.717, 1.165) is 53.6 Å². The van der Waals surface area contributed by atoms with Gasteiger partial charge in [0.05, 0.1) is 5.69 Å². The van der Waals surface area contributed by atoms with Crippen LogP contribution in [-0.4, -0.2) is 35.1 Å². The lowest BCUT2D eigenvalue weighted by Crippen LogP contribution is -2.56. The lowest BCUT2D eigenvalue weighted by atomic mass is 10.0. The van der Waals surface area contributed by atoms with Crippen LogP contribution in [-0.2, 0) is 6.54 Å². The lowest BCUT2D eigenvalue weighted by Gasteiger charge is -2.38. The standard InChI is InChI=1S/C18H21N3OS/c1-18(2)12-21(8-7-19-18)10-14-11-23-17(20-14)16-9-13-5-3-4-6-15(13)22-16/h3-6,9,11,19H,7-8,10,12H2,1-2H3. The summed E-state index contributed by atoms with van der Waals surface area (Å²) < 4.78 is 5.91. The molecule has 0 radical (unpaired) electrons. The lowest BCUT2D eigenvalue weighted by molar-refractivity contribution is 0.147. The minimum absolute atomic E-state index is 0.176. The van der Waals surface area contributed by atoms with E-state index >= 15 is 0 Å². The maximum Gasteiger partial charge on any atom is 0.164 e. The third-order valence-electron chi connectivity index (χ3n) is 4.22. The van der Waals surface area contributed by atoms with Crippen molar-refractivity contribution in [1.82, 2.24) is 15.2 Å². The summed E-state index contributed by atoms with van der Waals surface area (Å²) in [6.45, 7) is 8.56. The normalized spacial score (nSPS) is 18.5. The minimum atomic E-state index is 0.176. The van der Waals surface area contributed by atoms with Crippen molar-refractivity contribution in [3.8, 4) is 10.8 Å². The first-order chi connectivity index (χ1) is 11.1. The molecular formula is C18H21N3OS. The van der Waals surface area contributed by atoms with Crippen LogP contribution in [0.3, 0.4) is 0 Å². The van der Waals surface area contributed by atoms with Crippen molar-refractivity contribution in [1.29, 1.82) is 0 Å². The number of furan rings is 1. The summed E-state index contributed by atoms with van der Waals surface area (Å²) in [7, 11) is 0. The number of fused-ring (bicyclic) bond motifs is 1. The third kappa shape index (κ3) is 3.17. The van der Waals surface area contributed by atoms with Crippen LogP contribution in [0.5, 0.6) is 0 Å². The molecule has 0 aliphatic carbocycles. The summed E-state index contributed by atoms with van der Waals surface area (Å²) in [5.41, 5.74) is 2.22. The Bertz CT molecular complexity index is 787. The van der Waals surface area contributed by atoms with Crippen molar-refractivity contribution in [2.75, 3.05) is 19.6 Å². The molecule has 0 atom stereocenters. The Kier molecular flexibility index (Phi) is 3.71. The highest BCUT2D eigenvalue weighted by Crippen LogP contribution is 2.30. The first kappa shape index (κ1) is 14.9. The predicted octanol–water partition coefficient (Wildman–Crippen LogP) is 3.74. The van der Waals surface area contributed by atoms with Gasteiger partial charge in [-0.2, -0.15) is 0 Å². The molecule has 1 aromatic carbocycles. The van der Waals surface area contributed by atoms with Crippen molar-refractivity contribution in [2.45, 2.75) is 25.9 Å². The Labute approximate surface area is 140 Å². The van der Waals surface area contributed by atoms with Gasteiger partial charge >= 0.3 is 0 Å². The first-order valence-electron chi connectivity index (χ1n) is 8.00. The van der Waals surface area contributed by atoms with Crippen LogP contribution in [0.4, 0.5) is 0 Å². The van der Waals surface area contributed by atoms with E-state index in [4.69, 9.17) is 9.40 Å². The van der Waals surface area contributed by atoms with Crippen molar-refractivity contribution in [3.63, 3.8) is 0 Å². The smallest absolute Gasteiger partial charge is 0.164 e. The van der Waals surface area contributed by atoms with Crippen molar-refractivity contribution in [3.05, 3.63) is 41.4 Å². The Morgan fingerprint density at radius 3 is 3.04 bits per heavy atom. The van der Waals surface area contributed by atoms with Crippen LogP contribution in [0.15, 0.2) is 40.1 Å². The quantitative estimate of drug-likeness (QED) is 0.796. The van der Waals surface area contributed by atoms with Gasteiger partial charge in [-0.25, -0.2) is 4.98 Å². The molecule has 120 valence electrons. The van der Waals surface area contributed by atoms with Gasteiger partial charge in [0.25, 0.3) is 0 Å². The molecule has 1 N–H and O–H groups in total. The van der Waals surface area contributed by atoms with E-state index in [2.05, 4.69) is 41.6 Å². The van der Waals surface area contributed by atoms with Crippen molar-refractivity contribution in [2.24, 2.45) is 0 Å². The Morgan fingerprint density at radius 1 is 1.35 bits per heavy atom. The number of rotatable bonds is 3. The molecule has 1 aliphatic rings. The zero-order valence-corrected chi connectivity index (χ0v) is 14.3. The average Bonchev–Trinajstić information content (AvgIpc) is 3.12. The Morgan fingerprint density at radius 2 is 2.22 bits per heavy atom. The van der Waals surface area contributed by atoms with Gasteiger partial charge in [-0.15, -0.1) is 11.3 Å². The maximum atomic E-state index is 5.91. The molecule has 2 aromatic heterocycles. The van der Waals surface area contributed by atoms with Gasteiger partial charge in [0.1, 0.15) is 5.58 Å². The largest absolute Gasteiger partial charge is 0.454 e. The molecule has 0 saturated carbocycles. The fourth-order valence-corrected chi connectivity index (χ4v) is 3.95. The number of nitrogens with one attached hydrogen (secondary N) is 1. The van der Waals surface area contributed by atoms with E-state index < -0.39 is 0 Å². The second-order valence-electron chi connectivity index (χ2n) is 6.81. The summed E-state index contributed by atoms with van der Waals surface area (Å²) in [6, 6.07) is 10.2. The molecule has 1 aliphatic heterocycles. The molecule has 0 spiro atoms. The average molecular weight is 327 g/mol. The highest BCUT2D eigenvalue weighted by molar-refractivity contribution is 7.13. The number of nitrogens with zero attached hydrogens (tertiary/aromatic N) is 2. The Hall–Kier alpha value is -1.69. The van der Waals surface area contributed by atoms with Crippen molar-refractivity contribution >= 4 is 22.3 Å². The predicted molar refractivity (Wildman–Crippen MR) is 94.7 cm³/mol. The van der Waals surface area contributed by atoms with Crippen LogP contribution in [0.2, 0.25) is 0 Å². The molecule has 3 aromatic rings. The monoisotopic (exact) mass is 327 g/mol.